The van der Waals surface area contributed by atoms with Crippen LogP contribution in [0.1, 0.15) is 80.4 Å². The zero-order valence-corrected chi connectivity index (χ0v) is 18.3. The number of carbonyl (C=O) groups excluding carboxylic acids is 1. The molecule has 0 saturated carbocycles. The Morgan fingerprint density at radius 3 is 1.69 bits per heavy atom. The van der Waals surface area contributed by atoms with Crippen LogP contribution in [0.4, 0.5) is 0 Å². The Morgan fingerprint density at radius 2 is 1.31 bits per heavy atom. The van der Waals surface area contributed by atoms with E-state index in [4.69, 9.17) is 9.47 Å². The number of hydrogen-bond acceptors (Lipinski definition) is 3. The molecule has 0 amide bonds. The third kappa shape index (κ3) is 5.89. The average Bonchev–Trinajstić information content (AvgIpc) is 2.41. The van der Waals surface area contributed by atoms with Crippen LogP contribution >= 0.6 is 0 Å². The van der Waals surface area contributed by atoms with Gasteiger partial charge in [0.05, 0.1) is 5.41 Å². The lowest BCUT2D eigenvalue weighted by atomic mass is 9.80. The summed E-state index contributed by atoms with van der Waals surface area (Å²) >= 11 is 0. The average molecular weight is 361 g/mol. The van der Waals surface area contributed by atoms with E-state index < -0.39 is 5.41 Å². The van der Waals surface area contributed by atoms with Crippen LogP contribution < -0.4 is 9.47 Å². The summed E-state index contributed by atoms with van der Waals surface area (Å²) in [5, 5.41) is 0. The highest BCUT2D eigenvalue weighted by Crippen LogP contribution is 2.42. The van der Waals surface area contributed by atoms with Crippen LogP contribution in [0.5, 0.6) is 11.5 Å². The molecular formula is C23H36O3. The lowest BCUT2D eigenvalue weighted by Gasteiger charge is -2.29. The maximum atomic E-state index is 12.5. The maximum absolute atomic E-state index is 12.5. The van der Waals surface area contributed by atoms with E-state index in [1.165, 1.54) is 0 Å². The fraction of sp³-hybridized carbons (Fsp3) is 0.609. The second-order valence-corrected chi connectivity index (χ2v) is 10.2. The summed E-state index contributed by atoms with van der Waals surface area (Å²) in [5.41, 5.74) is 2.04. The summed E-state index contributed by atoms with van der Waals surface area (Å²) in [6.45, 7) is 24.6. The third-order valence-electron chi connectivity index (χ3n) is 3.99. The molecule has 0 aliphatic carbocycles. The summed E-state index contributed by atoms with van der Waals surface area (Å²) in [5.74, 6) is 1.20. The van der Waals surface area contributed by atoms with E-state index in [1.807, 2.05) is 39.8 Å². The first kappa shape index (κ1) is 22.3. The van der Waals surface area contributed by atoms with E-state index >= 15 is 0 Å². The molecule has 0 N–H and O–H groups in total. The highest BCUT2D eigenvalue weighted by molar-refractivity contribution is 5.78. The van der Waals surface area contributed by atoms with Crippen molar-refractivity contribution in [1.29, 1.82) is 0 Å². The number of ether oxygens (including phenoxy) is 2. The Balaban J connectivity index is 3.57. The first-order valence-corrected chi connectivity index (χ1v) is 9.22. The van der Waals surface area contributed by atoms with Gasteiger partial charge < -0.3 is 9.47 Å². The quantitative estimate of drug-likeness (QED) is 0.365. The van der Waals surface area contributed by atoms with Gasteiger partial charge in [0, 0.05) is 11.1 Å². The molecule has 0 bridgehead atoms. The molecule has 0 radical (unpaired) electrons. The lowest BCUT2D eigenvalue weighted by Crippen LogP contribution is -2.27. The van der Waals surface area contributed by atoms with E-state index in [1.54, 1.807) is 0 Å². The second-order valence-electron chi connectivity index (χ2n) is 10.2. The molecule has 1 aromatic rings. The van der Waals surface area contributed by atoms with E-state index in [0.29, 0.717) is 12.4 Å². The van der Waals surface area contributed by atoms with Gasteiger partial charge in [-0.15, -0.1) is 0 Å². The van der Waals surface area contributed by atoms with Gasteiger partial charge in [-0.25, -0.2) is 0 Å². The predicted molar refractivity (Wildman–Crippen MR) is 109 cm³/mol. The molecule has 1 rings (SSSR count). The van der Waals surface area contributed by atoms with E-state index in [0.717, 1.165) is 22.4 Å². The number of carbonyl (C=O) groups is 1. The minimum atomic E-state index is -0.563. The summed E-state index contributed by atoms with van der Waals surface area (Å²) in [6, 6.07) is 3.99. The second kappa shape index (κ2) is 7.46. The molecular weight excluding hydrogens is 324 g/mol. The highest BCUT2D eigenvalue weighted by atomic mass is 16.5. The summed E-state index contributed by atoms with van der Waals surface area (Å²) in [6.07, 6.45) is 0. The van der Waals surface area contributed by atoms with Crippen LogP contribution in [-0.4, -0.2) is 12.6 Å². The molecule has 3 heteroatoms. The Morgan fingerprint density at radius 1 is 0.885 bits per heavy atom. The van der Waals surface area contributed by atoms with E-state index in [2.05, 4.69) is 48.1 Å². The van der Waals surface area contributed by atoms with Crippen LogP contribution in [-0.2, 0) is 15.6 Å². The Hall–Kier alpha value is -1.77. The fourth-order valence-corrected chi connectivity index (χ4v) is 2.39. The van der Waals surface area contributed by atoms with E-state index in [9.17, 15) is 4.79 Å². The van der Waals surface area contributed by atoms with Gasteiger partial charge in [-0.2, -0.15) is 0 Å². The largest absolute Gasteiger partial charge is 0.489 e. The Labute approximate surface area is 159 Å². The Bertz CT molecular complexity index is 677. The molecule has 146 valence electrons. The van der Waals surface area contributed by atoms with Crippen LogP contribution in [0.15, 0.2) is 24.3 Å². The van der Waals surface area contributed by atoms with Gasteiger partial charge in [0.1, 0.15) is 18.1 Å². The molecule has 3 nitrogen and oxygen atoms in total. The van der Waals surface area contributed by atoms with Crippen molar-refractivity contribution in [3.8, 4) is 11.5 Å². The maximum Gasteiger partial charge on any atom is 0.316 e. The highest BCUT2D eigenvalue weighted by Gasteiger charge is 2.30. The van der Waals surface area contributed by atoms with Crippen molar-refractivity contribution in [1.82, 2.24) is 0 Å². The third-order valence-corrected chi connectivity index (χ3v) is 3.99. The van der Waals surface area contributed by atoms with Gasteiger partial charge in [-0.05, 0) is 56.2 Å². The topological polar surface area (TPSA) is 35.5 Å². The standard InChI is InChI=1S/C23H36O3/c1-15(2)14-25-18-12-17(22(6,7)8)19(13-16(18)21(3,4)5)26-20(24)23(9,10)11/h12-13H,1,14H2,2-11H3. The van der Waals surface area contributed by atoms with Crippen molar-refractivity contribution >= 4 is 5.97 Å². The van der Waals surface area contributed by atoms with Crippen molar-refractivity contribution in [2.45, 2.75) is 80.1 Å². The number of hydrogen-bond donors (Lipinski definition) is 0. The molecule has 0 atom stereocenters. The normalized spacial score (nSPS) is 12.7. The van der Waals surface area contributed by atoms with Crippen molar-refractivity contribution in [2.24, 2.45) is 5.41 Å². The minimum absolute atomic E-state index is 0.149. The molecule has 0 spiro atoms. The number of esters is 1. The van der Waals surface area contributed by atoms with Gasteiger partial charge in [0.2, 0.25) is 0 Å². The van der Waals surface area contributed by atoms with Crippen molar-refractivity contribution in [2.75, 3.05) is 6.61 Å². The number of rotatable bonds is 4. The monoisotopic (exact) mass is 360 g/mol. The summed E-state index contributed by atoms with van der Waals surface area (Å²) in [7, 11) is 0. The summed E-state index contributed by atoms with van der Waals surface area (Å²) in [4.78, 5) is 12.5. The smallest absolute Gasteiger partial charge is 0.316 e. The molecule has 1 aromatic carbocycles. The fourth-order valence-electron chi connectivity index (χ4n) is 2.39. The minimum Gasteiger partial charge on any atom is -0.489 e. The van der Waals surface area contributed by atoms with Crippen molar-refractivity contribution in [3.05, 3.63) is 35.4 Å². The zero-order chi connectivity index (χ0) is 20.5. The molecule has 0 aliphatic rings. The molecule has 0 fully saturated rings. The van der Waals surface area contributed by atoms with Crippen molar-refractivity contribution < 1.29 is 14.3 Å². The Kier molecular flexibility index (Phi) is 6.39. The van der Waals surface area contributed by atoms with Crippen LogP contribution in [0.3, 0.4) is 0 Å². The predicted octanol–water partition coefficient (Wildman–Crippen LogP) is 6.19. The van der Waals surface area contributed by atoms with Gasteiger partial charge >= 0.3 is 5.97 Å². The van der Waals surface area contributed by atoms with Crippen LogP contribution in [0.2, 0.25) is 0 Å². The molecule has 26 heavy (non-hydrogen) atoms. The van der Waals surface area contributed by atoms with Crippen LogP contribution in [0.25, 0.3) is 0 Å². The number of benzene rings is 1. The molecule has 0 aliphatic heterocycles. The van der Waals surface area contributed by atoms with Gasteiger partial charge in [-0.1, -0.05) is 48.1 Å². The van der Waals surface area contributed by atoms with E-state index in [-0.39, 0.29) is 16.8 Å². The SMILES string of the molecule is C=C(C)COc1cc(C(C)(C)C)c(OC(=O)C(C)(C)C)cc1C(C)(C)C. The first-order valence-electron chi connectivity index (χ1n) is 9.22. The summed E-state index contributed by atoms with van der Waals surface area (Å²) < 4.78 is 11.9. The van der Waals surface area contributed by atoms with Gasteiger partial charge in [-0.3, -0.25) is 4.79 Å². The zero-order valence-electron chi connectivity index (χ0n) is 18.3. The molecule has 0 unspecified atom stereocenters. The molecule has 0 heterocycles. The van der Waals surface area contributed by atoms with Crippen LogP contribution in [0, 0.1) is 5.41 Å². The molecule has 0 saturated heterocycles. The van der Waals surface area contributed by atoms with Gasteiger partial charge in [0.25, 0.3) is 0 Å². The van der Waals surface area contributed by atoms with Gasteiger partial charge in [0.15, 0.2) is 0 Å². The molecule has 0 aromatic heterocycles. The van der Waals surface area contributed by atoms with Crippen molar-refractivity contribution in [3.63, 3.8) is 0 Å². The first-order chi connectivity index (χ1) is 11.5. The lowest BCUT2D eigenvalue weighted by molar-refractivity contribution is -0.143.